The number of piperazine rings is 1. The number of hydrogen-bond donors (Lipinski definition) is 2. The van der Waals surface area contributed by atoms with Gasteiger partial charge in [0.15, 0.2) is 0 Å². The van der Waals surface area contributed by atoms with Crippen LogP contribution in [0.5, 0.6) is 0 Å². The Kier molecular flexibility index (Phi) is 4.71. The van der Waals surface area contributed by atoms with Gasteiger partial charge in [-0.2, -0.15) is 18.2 Å². The second kappa shape index (κ2) is 7.09. The number of nitrogens with two attached hydrogens (primary N) is 1. The highest BCUT2D eigenvalue weighted by molar-refractivity contribution is 5.83. The van der Waals surface area contributed by atoms with Gasteiger partial charge in [-0.25, -0.2) is 4.79 Å². The van der Waals surface area contributed by atoms with Gasteiger partial charge in [0.25, 0.3) is 0 Å². The molecule has 0 bridgehead atoms. The zero-order chi connectivity index (χ0) is 20.8. The Labute approximate surface area is 164 Å². The van der Waals surface area contributed by atoms with E-state index in [0.29, 0.717) is 38.3 Å². The van der Waals surface area contributed by atoms with Crippen LogP contribution in [0, 0.1) is 5.92 Å². The average molecular weight is 407 g/mol. The highest BCUT2D eigenvalue weighted by atomic mass is 19.4. The standard InChI is InChI=1S/C19H20F3N5O2/c20-19(21,22)12-3-1-11(2-4-12)13-9-14(13)17(28)27-7-5-26(6-8-27)15-10-24-18(29)25-16(15)23/h1-4,10,13-14H,5-9H2,(H3,23,24,25,29). The lowest BCUT2D eigenvalue weighted by molar-refractivity contribution is -0.137. The van der Waals surface area contributed by atoms with Crippen molar-refractivity contribution >= 4 is 17.4 Å². The molecule has 2 fully saturated rings. The molecule has 1 saturated carbocycles. The van der Waals surface area contributed by atoms with Crippen LogP contribution in [0.2, 0.25) is 0 Å². The van der Waals surface area contributed by atoms with Gasteiger partial charge in [0, 0.05) is 32.1 Å². The Morgan fingerprint density at radius 1 is 1.14 bits per heavy atom. The van der Waals surface area contributed by atoms with Crippen LogP contribution >= 0.6 is 0 Å². The lowest BCUT2D eigenvalue weighted by Crippen LogP contribution is -2.49. The summed E-state index contributed by atoms with van der Waals surface area (Å²) in [6.07, 6.45) is -2.28. The number of halogens is 3. The summed E-state index contributed by atoms with van der Waals surface area (Å²) >= 11 is 0. The fourth-order valence-corrected chi connectivity index (χ4v) is 3.81. The first-order valence-electron chi connectivity index (χ1n) is 9.30. The van der Waals surface area contributed by atoms with Crippen molar-refractivity contribution in [3.8, 4) is 0 Å². The Balaban J connectivity index is 1.34. The van der Waals surface area contributed by atoms with Gasteiger partial charge >= 0.3 is 11.9 Å². The van der Waals surface area contributed by atoms with Crippen molar-refractivity contribution in [2.75, 3.05) is 36.8 Å². The van der Waals surface area contributed by atoms with Gasteiger partial charge in [-0.1, -0.05) is 12.1 Å². The zero-order valence-electron chi connectivity index (χ0n) is 15.4. The fraction of sp³-hybridized carbons (Fsp3) is 0.421. The van der Waals surface area contributed by atoms with Crippen LogP contribution in [0.25, 0.3) is 0 Å². The number of nitrogens with zero attached hydrogens (tertiary/aromatic N) is 3. The van der Waals surface area contributed by atoms with Crippen LogP contribution < -0.4 is 16.3 Å². The summed E-state index contributed by atoms with van der Waals surface area (Å²) in [5.41, 5.74) is 6.04. The minimum absolute atomic E-state index is 0.0261. The smallest absolute Gasteiger partial charge is 0.383 e. The van der Waals surface area contributed by atoms with E-state index in [1.54, 1.807) is 4.90 Å². The summed E-state index contributed by atoms with van der Waals surface area (Å²) in [5.74, 6) is 0.0661. The molecule has 2 heterocycles. The fourth-order valence-electron chi connectivity index (χ4n) is 3.81. The molecule has 2 unspecified atom stereocenters. The monoisotopic (exact) mass is 407 g/mol. The summed E-state index contributed by atoms with van der Waals surface area (Å²) in [6.45, 7) is 2.13. The minimum Gasteiger partial charge on any atom is -0.383 e. The van der Waals surface area contributed by atoms with Gasteiger partial charge in [0.05, 0.1) is 17.4 Å². The number of aromatic amines is 1. The molecule has 1 saturated heterocycles. The highest BCUT2D eigenvalue weighted by Crippen LogP contribution is 2.49. The lowest BCUT2D eigenvalue weighted by atomic mass is 10.1. The Hall–Kier alpha value is -3.04. The third-order valence-electron chi connectivity index (χ3n) is 5.53. The van der Waals surface area contributed by atoms with Crippen LogP contribution in [-0.4, -0.2) is 47.0 Å². The van der Waals surface area contributed by atoms with Crippen molar-refractivity contribution in [3.63, 3.8) is 0 Å². The molecule has 0 spiro atoms. The minimum atomic E-state index is -4.36. The molecule has 1 amide bonds. The highest BCUT2D eigenvalue weighted by Gasteiger charge is 2.46. The third kappa shape index (κ3) is 3.92. The third-order valence-corrected chi connectivity index (χ3v) is 5.53. The zero-order valence-corrected chi connectivity index (χ0v) is 15.4. The first-order chi connectivity index (χ1) is 13.7. The first-order valence-corrected chi connectivity index (χ1v) is 9.30. The number of nitrogens with one attached hydrogen (secondary N) is 1. The van der Waals surface area contributed by atoms with Gasteiger partial charge in [0.2, 0.25) is 5.91 Å². The van der Waals surface area contributed by atoms with Crippen LogP contribution in [0.3, 0.4) is 0 Å². The van der Waals surface area contributed by atoms with E-state index in [0.717, 1.165) is 17.7 Å². The van der Waals surface area contributed by atoms with Gasteiger partial charge in [-0.3, -0.25) is 9.78 Å². The Morgan fingerprint density at radius 3 is 2.38 bits per heavy atom. The van der Waals surface area contributed by atoms with Crippen LogP contribution in [0.4, 0.5) is 24.7 Å². The average Bonchev–Trinajstić information content (AvgIpc) is 3.48. The van der Waals surface area contributed by atoms with Crippen molar-refractivity contribution in [1.29, 1.82) is 0 Å². The normalized spacial score (nSPS) is 21.9. The SMILES string of the molecule is Nc1[nH]c(=O)ncc1N1CCN(C(=O)C2CC2c2ccc(C(F)(F)F)cc2)CC1. The number of amides is 1. The number of H-pyrrole nitrogens is 1. The quantitative estimate of drug-likeness (QED) is 0.809. The number of carbonyl (C=O) groups excluding carboxylic acids is 1. The second-order valence-corrected chi connectivity index (χ2v) is 7.37. The number of rotatable bonds is 3. The van der Waals surface area contributed by atoms with Gasteiger partial charge < -0.3 is 15.5 Å². The van der Waals surface area contributed by atoms with Gasteiger partial charge in [-0.15, -0.1) is 0 Å². The van der Waals surface area contributed by atoms with Crippen molar-refractivity contribution in [3.05, 3.63) is 52.1 Å². The molecule has 2 aliphatic rings. The summed E-state index contributed by atoms with van der Waals surface area (Å²) < 4.78 is 38.1. The molecule has 29 heavy (non-hydrogen) atoms. The van der Waals surface area contributed by atoms with Crippen LogP contribution in [0.15, 0.2) is 35.3 Å². The topological polar surface area (TPSA) is 95.3 Å². The summed E-state index contributed by atoms with van der Waals surface area (Å²) in [5, 5.41) is 0. The number of aromatic nitrogens is 2. The van der Waals surface area contributed by atoms with E-state index in [1.165, 1.54) is 18.3 Å². The number of carbonyl (C=O) groups is 1. The van der Waals surface area contributed by atoms with Crippen LogP contribution in [0.1, 0.15) is 23.5 Å². The summed E-state index contributed by atoms with van der Waals surface area (Å²) in [4.78, 5) is 33.8. The Bertz CT molecular complexity index is 965. The molecular formula is C19H20F3N5O2. The molecule has 7 nitrogen and oxygen atoms in total. The molecule has 154 valence electrons. The number of alkyl halides is 3. The molecule has 1 aliphatic heterocycles. The van der Waals surface area contributed by atoms with E-state index in [-0.39, 0.29) is 23.6 Å². The predicted molar refractivity (Wildman–Crippen MR) is 100 cm³/mol. The first kappa shape index (κ1) is 19.3. The Morgan fingerprint density at radius 2 is 1.79 bits per heavy atom. The molecular weight excluding hydrogens is 387 g/mol. The maximum atomic E-state index is 12.8. The number of benzene rings is 1. The van der Waals surface area contributed by atoms with Crippen molar-refractivity contribution < 1.29 is 18.0 Å². The van der Waals surface area contributed by atoms with Gasteiger partial charge in [-0.05, 0) is 30.0 Å². The second-order valence-electron chi connectivity index (χ2n) is 7.37. The molecule has 0 radical (unpaired) electrons. The van der Waals surface area contributed by atoms with Crippen molar-refractivity contribution in [2.24, 2.45) is 5.92 Å². The van der Waals surface area contributed by atoms with E-state index >= 15 is 0 Å². The van der Waals surface area contributed by atoms with E-state index in [9.17, 15) is 22.8 Å². The molecule has 2 atom stereocenters. The summed E-state index contributed by atoms with van der Waals surface area (Å²) in [6, 6.07) is 5.06. The maximum absolute atomic E-state index is 12.8. The maximum Gasteiger partial charge on any atom is 0.416 e. The molecule has 3 N–H and O–H groups in total. The lowest BCUT2D eigenvalue weighted by Gasteiger charge is -2.36. The van der Waals surface area contributed by atoms with Gasteiger partial charge in [0.1, 0.15) is 5.82 Å². The van der Waals surface area contributed by atoms with E-state index in [2.05, 4.69) is 9.97 Å². The van der Waals surface area contributed by atoms with E-state index < -0.39 is 17.4 Å². The predicted octanol–water partition coefficient (Wildman–Crippen LogP) is 1.82. The molecule has 10 heteroatoms. The van der Waals surface area contributed by atoms with Crippen molar-refractivity contribution in [1.82, 2.24) is 14.9 Å². The molecule has 2 aromatic rings. The molecule has 4 rings (SSSR count). The van der Waals surface area contributed by atoms with Crippen LogP contribution in [-0.2, 0) is 11.0 Å². The van der Waals surface area contributed by atoms with Crippen molar-refractivity contribution in [2.45, 2.75) is 18.5 Å². The largest absolute Gasteiger partial charge is 0.416 e. The molecule has 1 aliphatic carbocycles. The number of hydrogen-bond acceptors (Lipinski definition) is 5. The molecule has 1 aromatic heterocycles. The molecule has 1 aromatic carbocycles. The number of nitrogen functional groups attached to an aromatic ring is 1. The number of anilines is 2. The van der Waals surface area contributed by atoms with E-state index in [4.69, 9.17) is 5.73 Å². The summed E-state index contributed by atoms with van der Waals surface area (Å²) in [7, 11) is 0. The van der Waals surface area contributed by atoms with E-state index in [1.807, 2.05) is 4.90 Å².